The van der Waals surface area contributed by atoms with Gasteiger partial charge in [-0.3, -0.25) is 4.79 Å². The van der Waals surface area contributed by atoms with Crippen LogP contribution in [0.1, 0.15) is 15.9 Å². The molecule has 0 aliphatic heterocycles. The smallest absolute Gasteiger partial charge is 0.168 e. The number of phenols is 1. The van der Waals surface area contributed by atoms with Gasteiger partial charge in [0.1, 0.15) is 5.75 Å². The van der Waals surface area contributed by atoms with Crippen LogP contribution in [0.2, 0.25) is 5.02 Å². The maximum Gasteiger partial charge on any atom is 0.168 e. The van der Waals surface area contributed by atoms with Crippen molar-refractivity contribution in [2.24, 2.45) is 0 Å². The van der Waals surface area contributed by atoms with Gasteiger partial charge < -0.3 is 5.11 Å². The summed E-state index contributed by atoms with van der Waals surface area (Å²) >= 11 is 5.91. The van der Waals surface area contributed by atoms with Crippen LogP contribution in [0.3, 0.4) is 0 Å². The largest absolute Gasteiger partial charge is 0.508 e. The van der Waals surface area contributed by atoms with Crippen molar-refractivity contribution in [3.63, 3.8) is 0 Å². The number of aromatic hydroxyl groups is 1. The van der Waals surface area contributed by atoms with E-state index in [9.17, 15) is 9.90 Å². The minimum Gasteiger partial charge on any atom is -0.508 e. The van der Waals surface area contributed by atoms with Gasteiger partial charge in [0.15, 0.2) is 5.78 Å². The standard InChI is InChI=1S/C14H11ClO2/c15-13-9-11(16)6-7-12(13)14(17)8-10-4-2-1-3-5-10/h1-7,9,16H,8H2. The molecule has 0 atom stereocenters. The zero-order valence-corrected chi connectivity index (χ0v) is 9.82. The molecule has 2 aromatic rings. The topological polar surface area (TPSA) is 37.3 Å². The molecular formula is C14H11ClO2. The highest BCUT2D eigenvalue weighted by Gasteiger charge is 2.11. The van der Waals surface area contributed by atoms with Crippen LogP contribution in [0.5, 0.6) is 5.75 Å². The third-order valence-electron chi connectivity index (χ3n) is 2.46. The summed E-state index contributed by atoms with van der Waals surface area (Å²) < 4.78 is 0. The van der Waals surface area contributed by atoms with Gasteiger partial charge in [0, 0.05) is 12.0 Å². The Morgan fingerprint density at radius 3 is 2.47 bits per heavy atom. The Morgan fingerprint density at radius 1 is 1.12 bits per heavy atom. The molecule has 3 heteroatoms. The molecule has 0 saturated carbocycles. The van der Waals surface area contributed by atoms with Gasteiger partial charge in [0.2, 0.25) is 0 Å². The zero-order valence-electron chi connectivity index (χ0n) is 9.06. The zero-order chi connectivity index (χ0) is 12.3. The van der Waals surface area contributed by atoms with E-state index in [1.165, 1.54) is 12.1 Å². The first-order chi connectivity index (χ1) is 8.16. The normalized spacial score (nSPS) is 10.2. The highest BCUT2D eigenvalue weighted by molar-refractivity contribution is 6.34. The summed E-state index contributed by atoms with van der Waals surface area (Å²) in [6.45, 7) is 0. The molecule has 2 aromatic carbocycles. The molecule has 0 saturated heterocycles. The Kier molecular flexibility index (Phi) is 3.45. The third-order valence-corrected chi connectivity index (χ3v) is 2.77. The molecule has 2 rings (SSSR count). The van der Waals surface area contributed by atoms with E-state index in [2.05, 4.69) is 0 Å². The summed E-state index contributed by atoms with van der Waals surface area (Å²) in [6, 6.07) is 13.9. The molecule has 0 aliphatic rings. The molecule has 2 nitrogen and oxygen atoms in total. The lowest BCUT2D eigenvalue weighted by molar-refractivity contribution is 0.0993. The maximum atomic E-state index is 12.0. The fourth-order valence-corrected chi connectivity index (χ4v) is 1.89. The summed E-state index contributed by atoms with van der Waals surface area (Å²) in [5, 5.41) is 9.50. The Labute approximate surface area is 104 Å². The minimum absolute atomic E-state index is 0.0544. The number of ketones is 1. The van der Waals surface area contributed by atoms with E-state index in [1.807, 2.05) is 30.3 Å². The van der Waals surface area contributed by atoms with E-state index in [0.29, 0.717) is 12.0 Å². The van der Waals surface area contributed by atoms with Crippen LogP contribution in [0.4, 0.5) is 0 Å². The van der Waals surface area contributed by atoms with Crippen LogP contribution in [0.25, 0.3) is 0 Å². The van der Waals surface area contributed by atoms with Crippen molar-refractivity contribution in [2.45, 2.75) is 6.42 Å². The molecule has 0 heterocycles. The number of benzene rings is 2. The van der Waals surface area contributed by atoms with Crippen LogP contribution >= 0.6 is 11.6 Å². The van der Waals surface area contributed by atoms with Gasteiger partial charge in [-0.2, -0.15) is 0 Å². The number of phenolic OH excluding ortho intramolecular Hbond substituents is 1. The van der Waals surface area contributed by atoms with Gasteiger partial charge >= 0.3 is 0 Å². The fourth-order valence-electron chi connectivity index (χ4n) is 1.61. The number of carbonyl (C=O) groups excluding carboxylic acids is 1. The van der Waals surface area contributed by atoms with Gasteiger partial charge in [0.05, 0.1) is 5.02 Å². The Balaban J connectivity index is 2.21. The molecule has 86 valence electrons. The highest BCUT2D eigenvalue weighted by Crippen LogP contribution is 2.22. The number of hydrogen-bond donors (Lipinski definition) is 1. The second-order valence-electron chi connectivity index (χ2n) is 3.75. The van der Waals surface area contributed by atoms with Crippen LogP contribution in [-0.2, 0) is 6.42 Å². The molecule has 0 bridgehead atoms. The lowest BCUT2D eigenvalue weighted by atomic mass is 10.0. The second-order valence-corrected chi connectivity index (χ2v) is 4.16. The number of rotatable bonds is 3. The van der Waals surface area contributed by atoms with Gasteiger partial charge in [-0.05, 0) is 23.8 Å². The fraction of sp³-hybridized carbons (Fsp3) is 0.0714. The van der Waals surface area contributed by atoms with Crippen LogP contribution in [0.15, 0.2) is 48.5 Å². The van der Waals surface area contributed by atoms with Gasteiger partial charge in [-0.25, -0.2) is 0 Å². The van der Waals surface area contributed by atoms with Crippen molar-refractivity contribution in [3.05, 3.63) is 64.7 Å². The number of hydrogen-bond acceptors (Lipinski definition) is 2. The van der Waals surface area contributed by atoms with Crippen molar-refractivity contribution in [1.29, 1.82) is 0 Å². The van der Waals surface area contributed by atoms with Gasteiger partial charge in [0.25, 0.3) is 0 Å². The molecule has 17 heavy (non-hydrogen) atoms. The average molecular weight is 247 g/mol. The summed E-state index contributed by atoms with van der Waals surface area (Å²) in [4.78, 5) is 12.0. The molecule has 0 radical (unpaired) electrons. The maximum absolute atomic E-state index is 12.0. The molecule has 0 aliphatic carbocycles. The van der Waals surface area contributed by atoms with E-state index >= 15 is 0 Å². The van der Waals surface area contributed by atoms with Crippen LogP contribution < -0.4 is 0 Å². The SMILES string of the molecule is O=C(Cc1ccccc1)c1ccc(O)cc1Cl. The first kappa shape index (κ1) is 11.7. The van der Waals surface area contributed by atoms with Crippen molar-refractivity contribution >= 4 is 17.4 Å². The number of halogens is 1. The average Bonchev–Trinajstić information content (AvgIpc) is 2.30. The second kappa shape index (κ2) is 5.02. The first-order valence-electron chi connectivity index (χ1n) is 5.22. The Hall–Kier alpha value is -1.80. The summed E-state index contributed by atoms with van der Waals surface area (Å²) in [5.41, 5.74) is 1.38. The van der Waals surface area contributed by atoms with Crippen molar-refractivity contribution in [2.75, 3.05) is 0 Å². The predicted molar refractivity (Wildman–Crippen MR) is 67.6 cm³/mol. The van der Waals surface area contributed by atoms with Crippen molar-refractivity contribution in [1.82, 2.24) is 0 Å². The number of carbonyl (C=O) groups is 1. The Bertz CT molecular complexity index is 535. The number of Topliss-reactive ketones (excluding diaryl/α,β-unsaturated/α-hetero) is 1. The molecule has 0 spiro atoms. The van der Waals surface area contributed by atoms with E-state index in [-0.39, 0.29) is 16.6 Å². The van der Waals surface area contributed by atoms with Crippen LogP contribution in [0, 0.1) is 0 Å². The molecular weight excluding hydrogens is 236 g/mol. The molecule has 1 N–H and O–H groups in total. The van der Waals surface area contributed by atoms with Gasteiger partial charge in [-0.1, -0.05) is 41.9 Å². The monoisotopic (exact) mass is 246 g/mol. The molecule has 0 aromatic heterocycles. The van der Waals surface area contributed by atoms with Crippen molar-refractivity contribution < 1.29 is 9.90 Å². The molecule has 0 amide bonds. The lowest BCUT2D eigenvalue weighted by Crippen LogP contribution is -2.04. The minimum atomic E-state index is -0.0544. The summed E-state index contributed by atoms with van der Waals surface area (Å²) in [6.07, 6.45) is 0.311. The van der Waals surface area contributed by atoms with Gasteiger partial charge in [-0.15, -0.1) is 0 Å². The summed E-state index contributed by atoms with van der Waals surface area (Å²) in [5.74, 6) is 0.00691. The lowest BCUT2D eigenvalue weighted by Gasteiger charge is -2.04. The Morgan fingerprint density at radius 2 is 1.82 bits per heavy atom. The molecule has 0 unspecified atom stereocenters. The highest BCUT2D eigenvalue weighted by atomic mass is 35.5. The summed E-state index contributed by atoms with van der Waals surface area (Å²) in [7, 11) is 0. The predicted octanol–water partition coefficient (Wildman–Crippen LogP) is 3.47. The van der Waals surface area contributed by atoms with Crippen LogP contribution in [-0.4, -0.2) is 10.9 Å². The van der Waals surface area contributed by atoms with E-state index in [0.717, 1.165) is 5.56 Å². The third kappa shape index (κ3) is 2.86. The quantitative estimate of drug-likeness (QED) is 0.842. The van der Waals surface area contributed by atoms with E-state index < -0.39 is 0 Å². The van der Waals surface area contributed by atoms with E-state index in [1.54, 1.807) is 6.07 Å². The van der Waals surface area contributed by atoms with Crippen molar-refractivity contribution in [3.8, 4) is 5.75 Å². The van der Waals surface area contributed by atoms with E-state index in [4.69, 9.17) is 11.6 Å². The molecule has 0 fully saturated rings. The first-order valence-corrected chi connectivity index (χ1v) is 5.60.